The second kappa shape index (κ2) is 8.77. The Morgan fingerprint density at radius 3 is 2.16 bits per heavy atom. The molecule has 0 aromatic rings. The van der Waals surface area contributed by atoms with Gasteiger partial charge in [0.2, 0.25) is 0 Å². The standard InChI is InChI=1S/C14H28N2O3/c1-6-7-8-9-16(11(2)3)14(19)15(5)10-12(4)13(17)18/h11-12H,6-10H2,1-5H3,(H,17,18). The van der Waals surface area contributed by atoms with Crippen LogP contribution in [0.5, 0.6) is 0 Å². The van der Waals surface area contributed by atoms with Crippen molar-refractivity contribution in [3.8, 4) is 0 Å². The molecule has 5 heteroatoms. The molecule has 19 heavy (non-hydrogen) atoms. The lowest BCUT2D eigenvalue weighted by molar-refractivity contribution is -0.141. The molecule has 0 heterocycles. The topological polar surface area (TPSA) is 60.9 Å². The van der Waals surface area contributed by atoms with E-state index in [0.29, 0.717) is 0 Å². The predicted molar refractivity (Wildman–Crippen MR) is 76.2 cm³/mol. The first-order chi connectivity index (χ1) is 8.81. The van der Waals surface area contributed by atoms with Gasteiger partial charge in [-0.05, 0) is 20.3 Å². The summed E-state index contributed by atoms with van der Waals surface area (Å²) < 4.78 is 0. The summed E-state index contributed by atoms with van der Waals surface area (Å²) in [5.74, 6) is -1.42. The van der Waals surface area contributed by atoms with Gasteiger partial charge in [0.05, 0.1) is 5.92 Å². The first kappa shape index (κ1) is 17.7. The zero-order valence-electron chi connectivity index (χ0n) is 12.8. The van der Waals surface area contributed by atoms with Crippen LogP contribution < -0.4 is 0 Å². The van der Waals surface area contributed by atoms with Crippen LogP contribution in [0.4, 0.5) is 4.79 Å². The molecule has 0 aliphatic carbocycles. The summed E-state index contributed by atoms with van der Waals surface area (Å²) in [7, 11) is 1.66. The number of hydrogen-bond donors (Lipinski definition) is 1. The van der Waals surface area contributed by atoms with Crippen LogP contribution in [0.15, 0.2) is 0 Å². The predicted octanol–water partition coefficient (Wildman–Crippen LogP) is 2.66. The van der Waals surface area contributed by atoms with E-state index in [1.807, 2.05) is 18.7 Å². The van der Waals surface area contributed by atoms with E-state index in [9.17, 15) is 9.59 Å². The van der Waals surface area contributed by atoms with Crippen molar-refractivity contribution < 1.29 is 14.7 Å². The van der Waals surface area contributed by atoms with Crippen LogP contribution in [0.25, 0.3) is 0 Å². The van der Waals surface area contributed by atoms with E-state index in [-0.39, 0.29) is 18.6 Å². The number of nitrogens with zero attached hydrogens (tertiary/aromatic N) is 2. The number of aliphatic carboxylic acids is 1. The molecule has 0 spiro atoms. The third-order valence-electron chi connectivity index (χ3n) is 3.17. The van der Waals surface area contributed by atoms with Crippen molar-refractivity contribution in [3.63, 3.8) is 0 Å². The molecule has 0 rings (SSSR count). The molecule has 5 nitrogen and oxygen atoms in total. The van der Waals surface area contributed by atoms with E-state index in [1.54, 1.807) is 14.0 Å². The van der Waals surface area contributed by atoms with Crippen LogP contribution in [-0.2, 0) is 4.79 Å². The maximum atomic E-state index is 12.3. The van der Waals surface area contributed by atoms with Crippen LogP contribution in [0, 0.1) is 5.92 Å². The number of amides is 2. The van der Waals surface area contributed by atoms with Crippen molar-refractivity contribution in [2.45, 2.75) is 53.0 Å². The number of carboxylic acid groups (broad SMARTS) is 1. The van der Waals surface area contributed by atoms with Gasteiger partial charge < -0.3 is 14.9 Å². The molecule has 0 radical (unpaired) electrons. The molecule has 0 aliphatic heterocycles. The Balaban J connectivity index is 4.48. The van der Waals surface area contributed by atoms with E-state index >= 15 is 0 Å². The fourth-order valence-corrected chi connectivity index (χ4v) is 1.89. The van der Waals surface area contributed by atoms with Crippen molar-refractivity contribution in [2.75, 3.05) is 20.1 Å². The molecule has 0 bridgehead atoms. The number of urea groups is 1. The largest absolute Gasteiger partial charge is 0.481 e. The van der Waals surface area contributed by atoms with Crippen LogP contribution >= 0.6 is 0 Å². The molecule has 1 atom stereocenters. The molecule has 0 aromatic heterocycles. The van der Waals surface area contributed by atoms with Crippen molar-refractivity contribution in [1.82, 2.24) is 9.80 Å². The normalized spacial score (nSPS) is 12.3. The number of carboxylic acids is 1. The molecular weight excluding hydrogens is 244 g/mol. The maximum Gasteiger partial charge on any atom is 0.319 e. The fraction of sp³-hybridized carbons (Fsp3) is 0.857. The molecule has 0 saturated heterocycles. The van der Waals surface area contributed by atoms with Crippen molar-refractivity contribution in [3.05, 3.63) is 0 Å². The van der Waals surface area contributed by atoms with Crippen molar-refractivity contribution in [1.29, 1.82) is 0 Å². The number of carbonyl (C=O) groups excluding carboxylic acids is 1. The minimum atomic E-state index is -0.873. The quantitative estimate of drug-likeness (QED) is 0.691. The summed E-state index contributed by atoms with van der Waals surface area (Å²) in [6.07, 6.45) is 3.21. The molecule has 1 N–H and O–H groups in total. The summed E-state index contributed by atoms with van der Waals surface area (Å²) in [6.45, 7) is 8.68. The number of carbonyl (C=O) groups is 2. The van der Waals surface area contributed by atoms with Gasteiger partial charge in [-0.25, -0.2) is 4.79 Å². The second-order valence-electron chi connectivity index (χ2n) is 5.40. The molecule has 0 saturated carbocycles. The van der Waals surface area contributed by atoms with Crippen LogP contribution in [0.1, 0.15) is 47.0 Å². The van der Waals surface area contributed by atoms with Crippen LogP contribution in [-0.4, -0.2) is 53.1 Å². The zero-order chi connectivity index (χ0) is 15.0. The second-order valence-corrected chi connectivity index (χ2v) is 5.40. The minimum absolute atomic E-state index is 0.0841. The van der Waals surface area contributed by atoms with E-state index < -0.39 is 11.9 Å². The third kappa shape index (κ3) is 6.45. The average Bonchev–Trinajstić information content (AvgIpc) is 2.33. The first-order valence-electron chi connectivity index (χ1n) is 7.05. The van der Waals surface area contributed by atoms with E-state index in [4.69, 9.17) is 5.11 Å². The fourth-order valence-electron chi connectivity index (χ4n) is 1.89. The first-order valence-corrected chi connectivity index (χ1v) is 7.05. The Hall–Kier alpha value is -1.26. The van der Waals surface area contributed by atoms with Crippen LogP contribution in [0.3, 0.4) is 0 Å². The highest BCUT2D eigenvalue weighted by molar-refractivity contribution is 5.76. The summed E-state index contributed by atoms with van der Waals surface area (Å²) in [4.78, 5) is 26.4. The Kier molecular flexibility index (Phi) is 8.19. The summed E-state index contributed by atoms with van der Waals surface area (Å²) in [5, 5.41) is 8.88. The van der Waals surface area contributed by atoms with Crippen molar-refractivity contribution in [2.24, 2.45) is 5.92 Å². The number of rotatable bonds is 8. The lowest BCUT2D eigenvalue weighted by atomic mass is 10.2. The Morgan fingerprint density at radius 1 is 1.16 bits per heavy atom. The minimum Gasteiger partial charge on any atom is -0.481 e. The highest BCUT2D eigenvalue weighted by Gasteiger charge is 2.23. The van der Waals surface area contributed by atoms with Gasteiger partial charge in [-0.15, -0.1) is 0 Å². The molecule has 0 aromatic carbocycles. The summed E-state index contributed by atoms with van der Waals surface area (Å²) in [6, 6.07) is 0.0474. The van der Waals surface area contributed by atoms with Gasteiger partial charge in [0.1, 0.15) is 0 Å². The van der Waals surface area contributed by atoms with Gasteiger partial charge in [-0.3, -0.25) is 4.79 Å². The molecule has 2 amide bonds. The van der Waals surface area contributed by atoms with Gasteiger partial charge in [0.15, 0.2) is 0 Å². The van der Waals surface area contributed by atoms with Crippen LogP contribution in [0.2, 0.25) is 0 Å². The van der Waals surface area contributed by atoms with Gasteiger partial charge in [0, 0.05) is 26.2 Å². The van der Waals surface area contributed by atoms with Gasteiger partial charge >= 0.3 is 12.0 Å². The van der Waals surface area contributed by atoms with Gasteiger partial charge in [0.25, 0.3) is 0 Å². The molecule has 0 fully saturated rings. The van der Waals surface area contributed by atoms with E-state index in [2.05, 4.69) is 6.92 Å². The summed E-state index contributed by atoms with van der Waals surface area (Å²) >= 11 is 0. The molecule has 112 valence electrons. The number of unbranched alkanes of at least 4 members (excludes halogenated alkanes) is 2. The lowest BCUT2D eigenvalue weighted by Gasteiger charge is -2.32. The lowest BCUT2D eigenvalue weighted by Crippen LogP contribution is -2.47. The highest BCUT2D eigenvalue weighted by Crippen LogP contribution is 2.09. The smallest absolute Gasteiger partial charge is 0.319 e. The zero-order valence-corrected chi connectivity index (χ0v) is 12.8. The Morgan fingerprint density at radius 2 is 1.74 bits per heavy atom. The highest BCUT2D eigenvalue weighted by atomic mass is 16.4. The van der Waals surface area contributed by atoms with Gasteiger partial charge in [-0.1, -0.05) is 26.7 Å². The molecule has 0 aliphatic rings. The van der Waals surface area contributed by atoms with Crippen molar-refractivity contribution >= 4 is 12.0 Å². The Bertz CT molecular complexity index is 292. The summed E-state index contributed by atoms with van der Waals surface area (Å²) in [5.41, 5.74) is 0. The van der Waals surface area contributed by atoms with E-state index in [1.165, 1.54) is 4.90 Å². The average molecular weight is 272 g/mol. The third-order valence-corrected chi connectivity index (χ3v) is 3.17. The SMILES string of the molecule is CCCCCN(C(=O)N(C)CC(C)C(=O)O)C(C)C. The van der Waals surface area contributed by atoms with Gasteiger partial charge in [-0.2, -0.15) is 0 Å². The Labute approximate surface area is 116 Å². The van der Waals surface area contributed by atoms with E-state index in [0.717, 1.165) is 25.8 Å². The number of hydrogen-bond acceptors (Lipinski definition) is 2. The maximum absolute atomic E-state index is 12.3. The molecular formula is C14H28N2O3. The molecule has 1 unspecified atom stereocenters. The monoisotopic (exact) mass is 272 g/mol.